The van der Waals surface area contributed by atoms with Crippen LogP contribution in [0, 0.1) is 6.92 Å². The Morgan fingerprint density at radius 2 is 1.65 bits per heavy atom. The van der Waals surface area contributed by atoms with Crippen molar-refractivity contribution in [3.05, 3.63) is 81.6 Å². The Morgan fingerprint density at radius 1 is 0.971 bits per heavy atom. The maximum atomic E-state index is 12.7. The van der Waals surface area contributed by atoms with Gasteiger partial charge in [0, 0.05) is 16.7 Å². The quantitative estimate of drug-likeness (QED) is 0.319. The number of hydrogen-bond acceptors (Lipinski definition) is 8. The van der Waals surface area contributed by atoms with Gasteiger partial charge in [-0.15, -0.1) is 0 Å². The number of anilines is 1. The summed E-state index contributed by atoms with van der Waals surface area (Å²) in [6.45, 7) is 0.913. The molecule has 172 valence electrons. The third-order valence-electron chi connectivity index (χ3n) is 4.72. The Bertz CT molecular complexity index is 1330. The number of benzene rings is 2. The van der Waals surface area contributed by atoms with E-state index in [2.05, 4.69) is 16.0 Å². The number of fused-ring (bicyclic) bond motifs is 1. The molecule has 11 nitrogen and oxygen atoms in total. The smallest absolute Gasteiger partial charge is 0.338 e. The average Bonchev–Trinajstić information content (AvgIpc) is 3.36. The van der Waals surface area contributed by atoms with Crippen LogP contribution in [0.15, 0.2) is 53.1 Å². The molecule has 34 heavy (non-hydrogen) atoms. The maximum Gasteiger partial charge on any atom is 0.338 e. The van der Waals surface area contributed by atoms with Crippen molar-refractivity contribution in [3.63, 3.8) is 0 Å². The van der Waals surface area contributed by atoms with E-state index in [0.29, 0.717) is 10.8 Å². The molecule has 0 spiro atoms. The monoisotopic (exact) mass is 482 g/mol. The predicted octanol–water partition coefficient (Wildman–Crippen LogP) is 2.06. The first kappa shape index (κ1) is 22.7. The number of nitrogens with one attached hydrogen (secondary N) is 2. The lowest BCUT2D eigenvalue weighted by Crippen LogP contribution is -2.43. The zero-order valence-corrected chi connectivity index (χ0v) is 18.2. The summed E-state index contributed by atoms with van der Waals surface area (Å²) < 4.78 is 9.84. The minimum Gasteiger partial charge on any atom is -0.452 e. The number of halogens is 1. The Hall–Kier alpha value is -4.51. The highest BCUT2D eigenvalue weighted by Gasteiger charge is 2.38. The lowest BCUT2D eigenvalue weighted by atomic mass is 10.1. The van der Waals surface area contributed by atoms with Crippen LogP contribution in [0.3, 0.4) is 0 Å². The first-order valence-electron chi connectivity index (χ1n) is 9.72. The van der Waals surface area contributed by atoms with Crippen LogP contribution in [0.2, 0.25) is 5.02 Å². The van der Waals surface area contributed by atoms with Crippen molar-refractivity contribution in [1.29, 1.82) is 0 Å². The van der Waals surface area contributed by atoms with E-state index in [9.17, 15) is 24.0 Å². The Morgan fingerprint density at radius 3 is 2.32 bits per heavy atom. The lowest BCUT2D eigenvalue weighted by Gasteiger charge is -2.08. The van der Waals surface area contributed by atoms with Crippen molar-refractivity contribution in [1.82, 2.24) is 16.0 Å². The van der Waals surface area contributed by atoms with Crippen LogP contribution in [-0.4, -0.2) is 41.4 Å². The fourth-order valence-corrected chi connectivity index (χ4v) is 3.21. The average molecular weight is 483 g/mol. The van der Waals surface area contributed by atoms with Crippen molar-refractivity contribution in [2.24, 2.45) is 0 Å². The van der Waals surface area contributed by atoms with Gasteiger partial charge in [-0.3, -0.25) is 30.0 Å². The number of ether oxygens (including phenoxy) is 1. The van der Waals surface area contributed by atoms with Crippen LogP contribution in [0.25, 0.3) is 0 Å². The largest absolute Gasteiger partial charge is 0.452 e. The van der Waals surface area contributed by atoms with Gasteiger partial charge in [0.2, 0.25) is 0 Å². The van der Waals surface area contributed by atoms with E-state index in [0.717, 1.165) is 4.90 Å². The Kier molecular flexibility index (Phi) is 6.11. The molecule has 2 N–H and O–H groups in total. The summed E-state index contributed by atoms with van der Waals surface area (Å²) in [6, 6.07) is 11.2. The molecule has 0 saturated heterocycles. The van der Waals surface area contributed by atoms with Gasteiger partial charge < -0.3 is 9.26 Å². The fraction of sp³-hybridized carbons (Fsp3) is 0.0909. The number of hydrazine groups is 1. The van der Waals surface area contributed by atoms with Crippen molar-refractivity contribution in [2.45, 2.75) is 6.92 Å². The number of amides is 4. The highest BCUT2D eigenvalue weighted by Crippen LogP contribution is 2.28. The zero-order chi connectivity index (χ0) is 24.4. The standard InChI is InChI=1S/C22H15ClN4O7/c1-11-8-17(26-34-11)27-20(30)15-7-4-13(9-16(15)21(27)31)22(32)33-10-18(28)24-25-19(29)12-2-5-14(23)6-3-12/h2-9H,10H2,1H3,(H,24,28)(H,25,29). The molecule has 0 bridgehead atoms. The SMILES string of the molecule is Cc1cc(N2C(=O)c3ccc(C(=O)OCC(=O)NNC(=O)c4ccc(Cl)cc4)cc3C2=O)no1. The van der Waals surface area contributed by atoms with Gasteiger partial charge in [0.25, 0.3) is 23.6 Å². The summed E-state index contributed by atoms with van der Waals surface area (Å²) in [5, 5.41) is 4.13. The molecule has 0 fully saturated rings. The highest BCUT2D eigenvalue weighted by atomic mass is 35.5. The molecular formula is C22H15ClN4O7. The number of aryl methyl sites for hydroxylation is 1. The minimum absolute atomic E-state index is 0.0141. The van der Waals surface area contributed by atoms with Crippen molar-refractivity contribution in [2.75, 3.05) is 11.5 Å². The van der Waals surface area contributed by atoms with E-state index >= 15 is 0 Å². The van der Waals surface area contributed by atoms with E-state index in [4.69, 9.17) is 20.9 Å². The first-order valence-corrected chi connectivity index (χ1v) is 10.1. The predicted molar refractivity (Wildman–Crippen MR) is 116 cm³/mol. The molecule has 2 heterocycles. The molecule has 0 unspecified atom stereocenters. The molecular weight excluding hydrogens is 468 g/mol. The number of carbonyl (C=O) groups is 5. The molecule has 4 amide bonds. The number of aromatic nitrogens is 1. The number of imide groups is 1. The topological polar surface area (TPSA) is 148 Å². The molecule has 4 rings (SSSR count). The molecule has 0 atom stereocenters. The van der Waals surface area contributed by atoms with Crippen LogP contribution in [0.5, 0.6) is 0 Å². The number of hydrogen-bond donors (Lipinski definition) is 2. The van der Waals surface area contributed by atoms with Crippen LogP contribution in [-0.2, 0) is 9.53 Å². The van der Waals surface area contributed by atoms with Gasteiger partial charge in [-0.25, -0.2) is 9.69 Å². The number of carbonyl (C=O) groups excluding carboxylic acids is 5. The molecule has 0 radical (unpaired) electrons. The summed E-state index contributed by atoms with van der Waals surface area (Å²) >= 11 is 5.75. The van der Waals surface area contributed by atoms with Gasteiger partial charge in [-0.2, -0.15) is 0 Å². The third kappa shape index (κ3) is 4.50. The summed E-state index contributed by atoms with van der Waals surface area (Å²) in [5.74, 6) is -3.13. The second kappa shape index (κ2) is 9.16. The second-order valence-electron chi connectivity index (χ2n) is 7.09. The number of rotatable bonds is 5. The van der Waals surface area contributed by atoms with Crippen LogP contribution in [0.1, 0.15) is 47.2 Å². The van der Waals surface area contributed by atoms with Crippen molar-refractivity contribution < 1.29 is 33.2 Å². The molecule has 1 aliphatic rings. The van der Waals surface area contributed by atoms with Crippen molar-refractivity contribution in [3.8, 4) is 0 Å². The first-order chi connectivity index (χ1) is 16.2. The van der Waals surface area contributed by atoms with Crippen molar-refractivity contribution >= 4 is 47.0 Å². The minimum atomic E-state index is -0.905. The van der Waals surface area contributed by atoms with Gasteiger partial charge in [-0.1, -0.05) is 16.8 Å². The molecule has 0 saturated carbocycles. The second-order valence-corrected chi connectivity index (χ2v) is 7.52. The summed E-state index contributed by atoms with van der Waals surface area (Å²) in [6.07, 6.45) is 0. The van der Waals surface area contributed by atoms with Crippen LogP contribution >= 0.6 is 11.6 Å². The van der Waals surface area contributed by atoms with Crippen LogP contribution < -0.4 is 15.8 Å². The van der Waals surface area contributed by atoms with Gasteiger partial charge in [0.15, 0.2) is 12.4 Å². The summed E-state index contributed by atoms with van der Waals surface area (Å²) in [7, 11) is 0. The molecule has 12 heteroatoms. The highest BCUT2D eigenvalue weighted by molar-refractivity contribution is 6.34. The lowest BCUT2D eigenvalue weighted by molar-refractivity contribution is -0.125. The van der Waals surface area contributed by atoms with Gasteiger partial charge >= 0.3 is 5.97 Å². The molecule has 1 aromatic heterocycles. The van der Waals surface area contributed by atoms with Gasteiger partial charge in [0.1, 0.15) is 5.76 Å². The normalized spacial score (nSPS) is 12.4. The number of nitrogens with zero attached hydrogens (tertiary/aromatic N) is 2. The number of esters is 1. The van der Waals surface area contributed by atoms with E-state index < -0.39 is 36.2 Å². The molecule has 1 aliphatic heterocycles. The van der Waals surface area contributed by atoms with E-state index in [1.54, 1.807) is 6.92 Å². The van der Waals surface area contributed by atoms with E-state index in [1.807, 2.05) is 0 Å². The van der Waals surface area contributed by atoms with Gasteiger partial charge in [-0.05, 0) is 49.4 Å². The third-order valence-corrected chi connectivity index (χ3v) is 4.98. The molecule has 0 aliphatic carbocycles. The summed E-state index contributed by atoms with van der Waals surface area (Å²) in [5.41, 5.74) is 4.57. The fourth-order valence-electron chi connectivity index (χ4n) is 3.08. The Balaban J connectivity index is 1.35. The van der Waals surface area contributed by atoms with Gasteiger partial charge in [0.05, 0.1) is 16.7 Å². The Labute approximate surface area is 196 Å². The van der Waals surface area contributed by atoms with E-state index in [-0.39, 0.29) is 28.1 Å². The maximum absolute atomic E-state index is 12.7. The molecule has 2 aromatic carbocycles. The zero-order valence-electron chi connectivity index (χ0n) is 17.5. The van der Waals surface area contributed by atoms with E-state index in [1.165, 1.54) is 48.5 Å². The summed E-state index contributed by atoms with van der Waals surface area (Å²) in [4.78, 5) is 62.3. The van der Waals surface area contributed by atoms with Crippen LogP contribution in [0.4, 0.5) is 5.82 Å². The molecule has 3 aromatic rings.